The van der Waals surface area contributed by atoms with E-state index in [4.69, 9.17) is 15.2 Å². The van der Waals surface area contributed by atoms with Gasteiger partial charge in [-0.1, -0.05) is 0 Å². The second-order valence-corrected chi connectivity index (χ2v) is 5.64. The molecule has 3 heterocycles. The van der Waals surface area contributed by atoms with Crippen molar-refractivity contribution < 1.29 is 13.9 Å². The number of hydrogen-bond donors (Lipinski definition) is 1. The summed E-state index contributed by atoms with van der Waals surface area (Å²) in [5.74, 6) is 0.127. The lowest BCUT2D eigenvalue weighted by Crippen LogP contribution is -2.35. The molecule has 0 spiro atoms. The second-order valence-electron chi connectivity index (χ2n) is 5.64. The van der Waals surface area contributed by atoms with Crippen LogP contribution in [0.1, 0.15) is 24.8 Å². The predicted octanol–water partition coefficient (Wildman–Crippen LogP) is 2.22. The highest BCUT2D eigenvalue weighted by atomic mass is 19.1. The first-order valence-corrected chi connectivity index (χ1v) is 7.52. The monoisotopic (exact) mass is 305 g/mol. The van der Waals surface area contributed by atoms with E-state index in [-0.39, 0.29) is 18.0 Å². The lowest BCUT2D eigenvalue weighted by molar-refractivity contribution is 0.00106. The highest BCUT2D eigenvalue weighted by molar-refractivity contribution is 5.78. The molecule has 118 valence electrons. The first kappa shape index (κ1) is 15.1. The fraction of sp³-hybridized carbons (Fsp3) is 0.500. The number of ether oxygens (including phenoxy) is 2. The largest absolute Gasteiger partial charge is 0.481 e. The Morgan fingerprint density at radius 3 is 3.00 bits per heavy atom. The van der Waals surface area contributed by atoms with Gasteiger partial charge in [0.25, 0.3) is 0 Å². The summed E-state index contributed by atoms with van der Waals surface area (Å²) in [6.07, 6.45) is 4.57. The van der Waals surface area contributed by atoms with Gasteiger partial charge in [0.05, 0.1) is 37.1 Å². The number of nitrogens with two attached hydrogens (primary N) is 1. The molecular weight excluding hydrogens is 285 g/mol. The van der Waals surface area contributed by atoms with Crippen molar-refractivity contribution in [3.63, 3.8) is 0 Å². The van der Waals surface area contributed by atoms with E-state index in [0.29, 0.717) is 35.5 Å². The number of halogens is 1. The summed E-state index contributed by atoms with van der Waals surface area (Å²) in [6.45, 7) is 0.580. The summed E-state index contributed by atoms with van der Waals surface area (Å²) in [7, 11) is 1.54. The summed E-state index contributed by atoms with van der Waals surface area (Å²) in [5.41, 5.74) is 7.62. The van der Waals surface area contributed by atoms with Crippen LogP contribution >= 0.6 is 0 Å². The summed E-state index contributed by atoms with van der Waals surface area (Å²) < 4.78 is 25.0. The Balaban J connectivity index is 1.81. The van der Waals surface area contributed by atoms with Crippen LogP contribution in [0.4, 0.5) is 4.39 Å². The van der Waals surface area contributed by atoms with Crippen LogP contribution in [-0.2, 0) is 11.2 Å². The predicted molar refractivity (Wildman–Crippen MR) is 81.3 cm³/mol. The summed E-state index contributed by atoms with van der Waals surface area (Å²) >= 11 is 0. The maximum atomic E-state index is 14.2. The molecule has 0 aliphatic carbocycles. The highest BCUT2D eigenvalue weighted by Crippen LogP contribution is 2.24. The molecule has 1 aliphatic rings. The topological polar surface area (TPSA) is 70.3 Å². The van der Waals surface area contributed by atoms with Crippen LogP contribution in [0.25, 0.3) is 11.0 Å². The number of nitrogens with zero attached hydrogens (tertiary/aromatic N) is 2. The van der Waals surface area contributed by atoms with Gasteiger partial charge in [0.15, 0.2) is 0 Å². The molecule has 2 N–H and O–H groups in total. The van der Waals surface area contributed by atoms with Crippen molar-refractivity contribution in [3.8, 4) is 5.88 Å². The number of rotatable bonds is 4. The van der Waals surface area contributed by atoms with Crippen molar-refractivity contribution in [2.75, 3.05) is 13.7 Å². The first-order chi connectivity index (χ1) is 10.7. The minimum absolute atomic E-state index is 0.126. The molecular formula is C16H20FN3O2. The average molecular weight is 305 g/mol. The summed E-state index contributed by atoms with van der Waals surface area (Å²) in [5, 5.41) is 0. The van der Waals surface area contributed by atoms with Crippen LogP contribution in [0.5, 0.6) is 5.88 Å². The van der Waals surface area contributed by atoms with Gasteiger partial charge in [-0.05, 0) is 31.7 Å². The van der Waals surface area contributed by atoms with Crippen LogP contribution in [0.3, 0.4) is 0 Å². The van der Waals surface area contributed by atoms with Gasteiger partial charge in [-0.15, -0.1) is 0 Å². The van der Waals surface area contributed by atoms with E-state index < -0.39 is 0 Å². The SMILES string of the molecule is COc1ccc2ncc(F)c(CCC3CCC(N)CO3)c2n1. The Kier molecular flexibility index (Phi) is 4.49. The lowest BCUT2D eigenvalue weighted by Gasteiger charge is -2.26. The van der Waals surface area contributed by atoms with E-state index in [1.165, 1.54) is 6.20 Å². The minimum Gasteiger partial charge on any atom is -0.481 e. The Hall–Kier alpha value is -1.79. The van der Waals surface area contributed by atoms with Crippen molar-refractivity contribution in [1.82, 2.24) is 9.97 Å². The molecule has 0 bridgehead atoms. The molecule has 3 rings (SSSR count). The molecule has 0 radical (unpaired) electrons. The molecule has 6 heteroatoms. The van der Waals surface area contributed by atoms with Gasteiger partial charge in [-0.2, -0.15) is 0 Å². The van der Waals surface area contributed by atoms with Crippen molar-refractivity contribution in [2.24, 2.45) is 5.73 Å². The number of pyridine rings is 2. The molecule has 1 aliphatic heterocycles. The van der Waals surface area contributed by atoms with Crippen LogP contribution in [0.15, 0.2) is 18.3 Å². The van der Waals surface area contributed by atoms with Gasteiger partial charge in [-0.3, -0.25) is 4.98 Å². The lowest BCUT2D eigenvalue weighted by atomic mass is 9.99. The van der Waals surface area contributed by atoms with Crippen LogP contribution in [-0.4, -0.2) is 35.8 Å². The van der Waals surface area contributed by atoms with Gasteiger partial charge in [0.2, 0.25) is 5.88 Å². The number of aryl methyl sites for hydroxylation is 1. The van der Waals surface area contributed by atoms with Crippen molar-refractivity contribution in [3.05, 3.63) is 29.7 Å². The third kappa shape index (κ3) is 3.18. The molecule has 5 nitrogen and oxygen atoms in total. The standard InChI is InChI=1S/C16H20FN3O2/c1-21-15-7-6-14-16(20-15)12(13(17)8-19-14)5-4-11-3-2-10(18)9-22-11/h6-8,10-11H,2-5,9,18H2,1H3. The van der Waals surface area contributed by atoms with Crippen LogP contribution < -0.4 is 10.5 Å². The second kappa shape index (κ2) is 6.54. The molecule has 2 aromatic rings. The zero-order chi connectivity index (χ0) is 15.5. The number of methoxy groups -OCH3 is 1. The normalized spacial score (nSPS) is 22.0. The summed E-state index contributed by atoms with van der Waals surface area (Å²) in [6, 6.07) is 3.64. The van der Waals surface area contributed by atoms with Crippen LogP contribution in [0.2, 0.25) is 0 Å². The van der Waals surface area contributed by atoms with Crippen molar-refractivity contribution >= 4 is 11.0 Å². The Morgan fingerprint density at radius 2 is 2.27 bits per heavy atom. The third-order valence-electron chi connectivity index (χ3n) is 4.07. The van der Waals surface area contributed by atoms with Crippen molar-refractivity contribution in [1.29, 1.82) is 0 Å². The Morgan fingerprint density at radius 1 is 1.41 bits per heavy atom. The Labute approximate surface area is 128 Å². The van der Waals surface area contributed by atoms with Gasteiger partial charge in [0.1, 0.15) is 5.82 Å². The highest BCUT2D eigenvalue weighted by Gasteiger charge is 2.20. The van der Waals surface area contributed by atoms with E-state index in [0.717, 1.165) is 19.3 Å². The maximum Gasteiger partial charge on any atom is 0.213 e. The molecule has 0 aromatic carbocycles. The third-order valence-corrected chi connectivity index (χ3v) is 4.07. The molecule has 2 unspecified atom stereocenters. The van der Waals surface area contributed by atoms with E-state index in [2.05, 4.69) is 9.97 Å². The van der Waals surface area contributed by atoms with Gasteiger partial charge >= 0.3 is 0 Å². The maximum absolute atomic E-state index is 14.2. The summed E-state index contributed by atoms with van der Waals surface area (Å²) in [4.78, 5) is 8.43. The van der Waals surface area contributed by atoms with E-state index in [1.807, 2.05) is 0 Å². The van der Waals surface area contributed by atoms with Crippen molar-refractivity contribution in [2.45, 2.75) is 37.8 Å². The molecule has 22 heavy (non-hydrogen) atoms. The smallest absolute Gasteiger partial charge is 0.213 e. The molecule has 1 saturated heterocycles. The van der Waals surface area contributed by atoms with Gasteiger partial charge in [0, 0.05) is 17.7 Å². The van der Waals surface area contributed by atoms with Gasteiger partial charge < -0.3 is 15.2 Å². The zero-order valence-electron chi connectivity index (χ0n) is 12.6. The number of aromatic nitrogens is 2. The van der Waals surface area contributed by atoms with Crippen LogP contribution in [0, 0.1) is 5.82 Å². The number of hydrogen-bond acceptors (Lipinski definition) is 5. The fourth-order valence-corrected chi connectivity index (χ4v) is 2.79. The molecule has 2 atom stereocenters. The average Bonchev–Trinajstić information content (AvgIpc) is 2.55. The Bertz CT molecular complexity index is 657. The van der Waals surface area contributed by atoms with Gasteiger partial charge in [-0.25, -0.2) is 9.37 Å². The molecule has 1 fully saturated rings. The molecule has 0 saturated carbocycles. The zero-order valence-corrected chi connectivity index (χ0v) is 12.6. The first-order valence-electron chi connectivity index (χ1n) is 7.52. The van der Waals surface area contributed by atoms with E-state index in [9.17, 15) is 4.39 Å². The number of fused-ring (bicyclic) bond motifs is 1. The van der Waals surface area contributed by atoms with E-state index >= 15 is 0 Å². The quantitative estimate of drug-likeness (QED) is 0.938. The molecule has 2 aromatic heterocycles. The molecule has 0 amide bonds. The van der Waals surface area contributed by atoms with E-state index in [1.54, 1.807) is 19.2 Å². The fourth-order valence-electron chi connectivity index (χ4n) is 2.79. The minimum atomic E-state index is -0.333.